The lowest BCUT2D eigenvalue weighted by Gasteiger charge is -2.20. The molecule has 0 atom stereocenters. The number of nitrogens with zero attached hydrogens (tertiary/aromatic N) is 1. The summed E-state index contributed by atoms with van der Waals surface area (Å²) in [5.74, 6) is 0.550. The summed E-state index contributed by atoms with van der Waals surface area (Å²) >= 11 is 35.8. The highest BCUT2D eigenvalue weighted by atomic mass is 35.5. The highest BCUT2D eigenvalue weighted by molar-refractivity contribution is 6.35. The first-order valence-electron chi connectivity index (χ1n) is 37.2. The van der Waals surface area contributed by atoms with Gasteiger partial charge in [0.1, 0.15) is 29.3 Å². The average molecular weight is 1630 g/mol. The molecular weight excluding hydrogens is 1510 g/mol. The summed E-state index contributed by atoms with van der Waals surface area (Å²) < 4.78 is 56.5. The molecule has 0 fully saturated rings. The molecule has 0 heterocycles. The number of halogens is 10. The lowest BCUT2D eigenvalue weighted by atomic mass is 9.84. The monoisotopic (exact) mass is 1630 g/mol. The molecule has 3 N–H and O–H groups in total. The molecule has 9 aromatic carbocycles. The smallest absolute Gasteiger partial charge is 0.338 e. The van der Waals surface area contributed by atoms with E-state index in [0.29, 0.717) is 68.1 Å². The number of ether oxygens (including phenoxy) is 1. The second-order valence-electron chi connectivity index (χ2n) is 31.3. The van der Waals surface area contributed by atoms with E-state index in [-0.39, 0.29) is 71.4 Å². The van der Waals surface area contributed by atoms with Crippen LogP contribution in [0, 0.1) is 48.4 Å². The van der Waals surface area contributed by atoms with Gasteiger partial charge < -0.3 is 20.1 Å². The molecule has 0 amide bonds. The Morgan fingerprint density at radius 3 is 1.32 bits per heavy atom. The number of rotatable bonds is 12. The molecule has 0 radical (unpaired) electrons. The highest BCUT2D eigenvalue weighted by Gasteiger charge is 2.22. The summed E-state index contributed by atoms with van der Waals surface area (Å²) in [4.78, 5) is 11.6. The third-order valence-corrected chi connectivity index (χ3v) is 18.9. The van der Waals surface area contributed by atoms with Crippen molar-refractivity contribution in [1.29, 1.82) is 5.26 Å². The van der Waals surface area contributed by atoms with Crippen LogP contribution in [0.1, 0.15) is 282 Å². The van der Waals surface area contributed by atoms with Gasteiger partial charge in [-0.3, -0.25) is 0 Å². The minimum absolute atomic E-state index is 0.0278. The molecule has 600 valence electrons. The maximum absolute atomic E-state index is 13.1. The van der Waals surface area contributed by atoms with Gasteiger partial charge in [0.25, 0.3) is 0 Å². The van der Waals surface area contributed by atoms with Crippen LogP contribution >= 0.6 is 69.6 Å². The lowest BCUT2D eigenvalue weighted by molar-refractivity contribution is 0.0524. The summed E-state index contributed by atoms with van der Waals surface area (Å²) in [6.45, 7) is 49.7. The SMILES string of the molecule is CC(C)(C)c1ccc(Cl)cc1Cl.CC(C)(C)c1ccc(F)cc1F.CC(C)(C)c1cccc(Cl)c1C#N.CC(C)c1cc(CCO)ccc1Cl.CC(C)c1cc(CO)ccc1F.CC(C)c1ccccc1F.CCOC(=O)c1cccc(Cl)c1C(C)C.Cc1ccc(CO)cc1C(C)C.Cc1cccc(Cl)c1C(C)C. The molecule has 16 heteroatoms. The second kappa shape index (κ2) is 49.7. The zero-order valence-corrected chi connectivity index (χ0v) is 73.6. The molecule has 0 spiro atoms. The molecule has 0 aliphatic heterocycles. The van der Waals surface area contributed by atoms with Gasteiger partial charge in [-0.05, 0) is 217 Å². The van der Waals surface area contributed by atoms with Crippen LogP contribution in [0.5, 0.6) is 0 Å². The number of carbonyl (C=O) groups excluding carboxylic acids is 1. The van der Waals surface area contributed by atoms with Crippen LogP contribution < -0.4 is 0 Å². The molecular formula is C94H119Cl6F4NO5. The highest BCUT2D eigenvalue weighted by Crippen LogP contribution is 2.34. The molecule has 0 bridgehead atoms. The third-order valence-electron chi connectivity index (χ3n) is 17.0. The first-order chi connectivity index (χ1) is 51.1. The summed E-state index contributed by atoms with van der Waals surface area (Å²) in [7, 11) is 0. The number of hydrogen-bond acceptors (Lipinski definition) is 6. The van der Waals surface area contributed by atoms with Crippen LogP contribution in [0.25, 0.3) is 0 Å². The van der Waals surface area contributed by atoms with Crippen molar-refractivity contribution >= 4 is 75.6 Å². The fourth-order valence-corrected chi connectivity index (χ4v) is 13.2. The van der Waals surface area contributed by atoms with E-state index in [0.717, 1.165) is 65.6 Å². The van der Waals surface area contributed by atoms with Crippen molar-refractivity contribution in [1.82, 2.24) is 0 Å². The predicted molar refractivity (Wildman–Crippen MR) is 461 cm³/mol. The predicted octanol–water partition coefficient (Wildman–Crippen LogP) is 29.5. The van der Waals surface area contributed by atoms with Crippen molar-refractivity contribution in [2.24, 2.45) is 0 Å². The molecule has 0 aliphatic rings. The van der Waals surface area contributed by atoms with Gasteiger partial charge in [-0.25, -0.2) is 22.4 Å². The number of nitriles is 1. The zero-order valence-electron chi connectivity index (χ0n) is 69.1. The Kier molecular flexibility index (Phi) is 45.8. The normalized spacial score (nSPS) is 10.9. The number of aryl methyl sites for hydroxylation is 2. The van der Waals surface area contributed by atoms with Gasteiger partial charge in [-0.2, -0.15) is 5.26 Å². The maximum Gasteiger partial charge on any atom is 0.338 e. The Labute approximate surface area is 687 Å². The van der Waals surface area contributed by atoms with Crippen LogP contribution in [-0.4, -0.2) is 34.5 Å². The summed E-state index contributed by atoms with van der Waals surface area (Å²) in [6.07, 6.45) is 0.705. The summed E-state index contributed by atoms with van der Waals surface area (Å²) in [5.41, 5.74) is 15.2. The van der Waals surface area contributed by atoms with Crippen molar-refractivity contribution in [3.05, 3.63) is 312 Å². The van der Waals surface area contributed by atoms with Gasteiger partial charge in [-0.1, -0.05) is 318 Å². The van der Waals surface area contributed by atoms with Crippen molar-refractivity contribution in [2.75, 3.05) is 13.2 Å². The molecule has 0 unspecified atom stereocenters. The van der Waals surface area contributed by atoms with Crippen molar-refractivity contribution in [3.8, 4) is 6.07 Å². The molecule has 110 heavy (non-hydrogen) atoms. The van der Waals surface area contributed by atoms with Crippen LogP contribution in [-0.2, 0) is 40.6 Å². The van der Waals surface area contributed by atoms with E-state index in [1.165, 1.54) is 46.5 Å². The lowest BCUT2D eigenvalue weighted by Crippen LogP contribution is -2.13. The van der Waals surface area contributed by atoms with Gasteiger partial charge in [0, 0.05) is 37.8 Å². The Morgan fingerprint density at radius 2 is 0.882 bits per heavy atom. The van der Waals surface area contributed by atoms with Crippen LogP contribution in [0.3, 0.4) is 0 Å². The summed E-state index contributed by atoms with van der Waals surface area (Å²) in [5, 5.41) is 39.8. The second-order valence-corrected chi connectivity index (χ2v) is 33.8. The van der Waals surface area contributed by atoms with E-state index >= 15 is 0 Å². The van der Waals surface area contributed by atoms with E-state index in [4.69, 9.17) is 94.9 Å². The van der Waals surface area contributed by atoms with Gasteiger partial charge in [0.2, 0.25) is 0 Å². The first-order valence-corrected chi connectivity index (χ1v) is 39.5. The zero-order chi connectivity index (χ0) is 84.3. The number of aliphatic hydroxyl groups excluding tert-OH is 3. The van der Waals surface area contributed by atoms with Crippen LogP contribution in [0.4, 0.5) is 17.6 Å². The standard InChI is InChI=1S/C12H15ClO2.C11H12ClN.C11H15ClO.C11H16O.C10H12Cl2.C10H13Cl.C10H12F2.C10H13FO.C9H11F/c1-4-15-12(14)9-6-5-7-10(13)11(9)8(2)3;1-11(2,3)9-5-4-6-10(12)8(9)7-13;1-8(2)10-7-9(5-6-13)3-4-11(10)12;1-8(2)11-6-10(7-12)5-4-9(11)3;1-10(2,3)8-5-4-7(11)6-9(8)12;1-7(2)10-8(3)5-4-6-9(10)11;1-10(2,3)8-5-4-7(11)6-9(8)12;1-7(2)9-5-8(6-12)3-4-10(9)11;1-7(2)8-5-3-4-6-9(8)10/h5-8H,4H2,1-3H3;4-6H,1-3H3;3-4,7-8,13H,5-6H2,1-2H3;4-6,8,12H,7H2,1-3H3;4-6H,1-3H3;4-7H,1-3H3;4-6H,1-3H3;3-5,7,12H,6H2,1-2H3;3-7H,1-2H3. The van der Waals surface area contributed by atoms with Gasteiger partial charge in [-0.15, -0.1) is 0 Å². The minimum atomic E-state index is -0.527. The quantitative estimate of drug-likeness (QED) is 0.0830. The van der Waals surface area contributed by atoms with Crippen molar-refractivity contribution < 1.29 is 42.4 Å². The number of aliphatic hydroxyl groups is 3. The molecule has 0 saturated carbocycles. The third kappa shape index (κ3) is 35.5. The molecule has 9 aromatic rings. The number of esters is 1. The van der Waals surface area contributed by atoms with E-state index in [9.17, 15) is 22.4 Å². The molecule has 0 aromatic heterocycles. The summed E-state index contributed by atoms with van der Waals surface area (Å²) in [6, 6.07) is 52.0. The largest absolute Gasteiger partial charge is 0.462 e. The first kappa shape index (κ1) is 101. The molecule has 0 aliphatic carbocycles. The van der Waals surface area contributed by atoms with E-state index in [1.54, 1.807) is 55.5 Å². The van der Waals surface area contributed by atoms with Crippen LogP contribution in [0.15, 0.2) is 170 Å². The minimum Gasteiger partial charge on any atom is -0.462 e. The van der Waals surface area contributed by atoms with Gasteiger partial charge >= 0.3 is 5.97 Å². The molecule has 0 saturated heterocycles. The number of benzene rings is 9. The Bertz CT molecular complexity index is 4180. The number of carbonyl (C=O) groups is 1. The average Bonchev–Trinajstić information content (AvgIpc) is 0.830. The topological polar surface area (TPSA) is 111 Å². The number of hydrogen-bond donors (Lipinski definition) is 3. The van der Waals surface area contributed by atoms with E-state index in [1.807, 2.05) is 129 Å². The molecule has 9 rings (SSSR count). The molecule has 6 nitrogen and oxygen atoms in total. The fourth-order valence-electron chi connectivity index (χ4n) is 11.2. The Hall–Kier alpha value is -6.72. The fraction of sp³-hybridized carbons (Fsp3) is 0.404. The van der Waals surface area contributed by atoms with Gasteiger partial charge in [0.15, 0.2) is 0 Å². The van der Waals surface area contributed by atoms with E-state index < -0.39 is 11.6 Å². The maximum atomic E-state index is 13.1. The Balaban J connectivity index is 0.000000620. The Morgan fingerprint density at radius 1 is 0.418 bits per heavy atom. The van der Waals surface area contributed by atoms with Crippen LogP contribution in [0.2, 0.25) is 30.1 Å². The van der Waals surface area contributed by atoms with Crippen molar-refractivity contribution in [3.63, 3.8) is 0 Å². The van der Waals surface area contributed by atoms with Crippen molar-refractivity contribution in [2.45, 2.75) is 238 Å². The van der Waals surface area contributed by atoms with E-state index in [2.05, 4.69) is 127 Å². The van der Waals surface area contributed by atoms with Gasteiger partial charge in [0.05, 0.1) is 36.0 Å².